The molecule has 7 nitrogen and oxygen atoms in total. The summed E-state index contributed by atoms with van der Waals surface area (Å²) in [6.07, 6.45) is 3.13. The van der Waals surface area contributed by atoms with Crippen LogP contribution in [0.15, 0.2) is 12.3 Å². The fraction of sp³-hybridized carbons (Fsp3) is 0.538. The number of carboxylic acid groups (broad SMARTS) is 1. The highest BCUT2D eigenvalue weighted by Crippen LogP contribution is 2.33. The maximum absolute atomic E-state index is 11.2. The van der Waals surface area contributed by atoms with Crippen LogP contribution in [0.5, 0.6) is 0 Å². The van der Waals surface area contributed by atoms with Crippen LogP contribution in [0.4, 0.5) is 11.5 Å². The second-order valence-electron chi connectivity index (χ2n) is 5.40. The number of nitro groups is 1. The summed E-state index contributed by atoms with van der Waals surface area (Å²) in [4.78, 5) is 27.4. The summed E-state index contributed by atoms with van der Waals surface area (Å²) in [7, 11) is 0. The van der Waals surface area contributed by atoms with E-state index in [1.165, 1.54) is 6.07 Å². The third-order valence-electron chi connectivity index (χ3n) is 3.14. The lowest BCUT2D eigenvalue weighted by molar-refractivity contribution is -0.385. The highest BCUT2D eigenvalue weighted by molar-refractivity contribution is 5.93. The molecule has 1 heterocycles. The van der Waals surface area contributed by atoms with E-state index in [9.17, 15) is 14.9 Å². The lowest BCUT2D eigenvalue weighted by atomic mass is 10.2. The van der Waals surface area contributed by atoms with Crippen LogP contribution in [0, 0.1) is 16.0 Å². The Morgan fingerprint density at radius 2 is 2.25 bits per heavy atom. The molecule has 1 aromatic heterocycles. The third kappa shape index (κ3) is 3.04. The van der Waals surface area contributed by atoms with Crippen molar-refractivity contribution in [2.24, 2.45) is 5.92 Å². The molecule has 1 saturated carbocycles. The smallest absolute Gasteiger partial charge is 0.342 e. The molecule has 1 aliphatic carbocycles. The molecule has 0 radical (unpaired) electrons. The van der Waals surface area contributed by atoms with E-state index in [0.29, 0.717) is 17.8 Å². The quantitative estimate of drug-likeness (QED) is 0.634. The molecule has 1 aromatic rings. The second kappa shape index (κ2) is 5.44. The Bertz CT molecular complexity index is 540. The van der Waals surface area contributed by atoms with Crippen LogP contribution in [0.3, 0.4) is 0 Å². The zero-order valence-corrected chi connectivity index (χ0v) is 11.4. The zero-order valence-electron chi connectivity index (χ0n) is 11.4. The molecular weight excluding hydrogens is 262 g/mol. The fourth-order valence-corrected chi connectivity index (χ4v) is 2.12. The van der Waals surface area contributed by atoms with Gasteiger partial charge in [-0.15, -0.1) is 0 Å². The van der Waals surface area contributed by atoms with Crippen molar-refractivity contribution in [3.05, 3.63) is 27.9 Å². The molecule has 1 N–H and O–H groups in total. The molecule has 1 fully saturated rings. The van der Waals surface area contributed by atoms with E-state index in [1.54, 1.807) is 0 Å². The molecule has 0 atom stereocenters. The van der Waals surface area contributed by atoms with Crippen molar-refractivity contribution in [3.63, 3.8) is 0 Å². The van der Waals surface area contributed by atoms with Gasteiger partial charge in [-0.1, -0.05) is 13.8 Å². The minimum absolute atomic E-state index is 0.311. The topological polar surface area (TPSA) is 96.6 Å². The highest BCUT2D eigenvalue weighted by atomic mass is 16.6. The van der Waals surface area contributed by atoms with Crippen molar-refractivity contribution in [3.8, 4) is 0 Å². The van der Waals surface area contributed by atoms with Gasteiger partial charge in [0.1, 0.15) is 17.6 Å². The first kappa shape index (κ1) is 14.2. The Kier molecular flexibility index (Phi) is 3.87. The Balaban J connectivity index is 2.38. The average molecular weight is 279 g/mol. The van der Waals surface area contributed by atoms with Crippen LogP contribution < -0.4 is 4.90 Å². The van der Waals surface area contributed by atoms with Gasteiger partial charge in [-0.05, 0) is 18.8 Å². The van der Waals surface area contributed by atoms with Crippen molar-refractivity contribution >= 4 is 17.5 Å². The molecule has 0 aliphatic heterocycles. The van der Waals surface area contributed by atoms with Crippen molar-refractivity contribution < 1.29 is 14.8 Å². The van der Waals surface area contributed by atoms with Crippen LogP contribution in [-0.4, -0.2) is 33.6 Å². The molecule has 0 aromatic carbocycles. The van der Waals surface area contributed by atoms with Crippen LogP contribution >= 0.6 is 0 Å². The normalized spacial score (nSPS) is 14.3. The molecule has 2 rings (SSSR count). The van der Waals surface area contributed by atoms with Gasteiger partial charge in [0, 0.05) is 18.7 Å². The van der Waals surface area contributed by atoms with Crippen molar-refractivity contribution in [1.29, 1.82) is 0 Å². The van der Waals surface area contributed by atoms with Crippen LogP contribution in [-0.2, 0) is 0 Å². The Morgan fingerprint density at radius 1 is 1.60 bits per heavy atom. The summed E-state index contributed by atoms with van der Waals surface area (Å²) in [5.74, 6) is -0.397. The van der Waals surface area contributed by atoms with Gasteiger partial charge in [0.05, 0.1) is 4.92 Å². The molecule has 0 bridgehead atoms. The van der Waals surface area contributed by atoms with E-state index in [0.717, 1.165) is 25.6 Å². The second-order valence-corrected chi connectivity index (χ2v) is 5.40. The third-order valence-corrected chi connectivity index (χ3v) is 3.14. The van der Waals surface area contributed by atoms with Crippen LogP contribution in [0.25, 0.3) is 0 Å². The van der Waals surface area contributed by atoms with Crippen molar-refractivity contribution in [2.75, 3.05) is 11.4 Å². The first-order chi connectivity index (χ1) is 9.40. The lowest BCUT2D eigenvalue weighted by Crippen LogP contribution is -2.30. The molecule has 20 heavy (non-hydrogen) atoms. The molecule has 0 saturated heterocycles. The highest BCUT2D eigenvalue weighted by Gasteiger charge is 2.32. The zero-order chi connectivity index (χ0) is 14.9. The monoisotopic (exact) mass is 279 g/mol. The lowest BCUT2D eigenvalue weighted by Gasteiger charge is -2.25. The Hall–Kier alpha value is -2.18. The van der Waals surface area contributed by atoms with E-state index in [1.807, 2.05) is 4.90 Å². The summed E-state index contributed by atoms with van der Waals surface area (Å²) in [6.45, 7) is 4.90. The van der Waals surface area contributed by atoms with E-state index in [-0.39, 0.29) is 5.56 Å². The van der Waals surface area contributed by atoms with E-state index in [4.69, 9.17) is 5.11 Å². The Labute approximate surface area is 116 Å². The average Bonchev–Trinajstić information content (AvgIpc) is 3.19. The van der Waals surface area contributed by atoms with Gasteiger partial charge in [-0.2, -0.15) is 0 Å². The van der Waals surface area contributed by atoms with Gasteiger partial charge in [0.2, 0.25) is 0 Å². The van der Waals surface area contributed by atoms with E-state index >= 15 is 0 Å². The predicted molar refractivity (Wildman–Crippen MR) is 73.1 cm³/mol. The summed E-state index contributed by atoms with van der Waals surface area (Å²) in [6, 6.07) is 1.68. The van der Waals surface area contributed by atoms with Crippen LogP contribution in [0.1, 0.15) is 37.0 Å². The first-order valence-electron chi connectivity index (χ1n) is 6.54. The van der Waals surface area contributed by atoms with E-state index < -0.39 is 16.6 Å². The summed E-state index contributed by atoms with van der Waals surface area (Å²) < 4.78 is 0. The predicted octanol–water partition coefficient (Wildman–Crippen LogP) is 2.31. The summed E-state index contributed by atoms with van der Waals surface area (Å²) in [5.41, 5.74) is -0.782. The fourth-order valence-electron chi connectivity index (χ4n) is 2.12. The van der Waals surface area contributed by atoms with Gasteiger partial charge >= 0.3 is 11.7 Å². The number of aromatic carboxylic acids is 1. The number of hydrogen-bond acceptors (Lipinski definition) is 5. The van der Waals surface area contributed by atoms with Gasteiger partial charge < -0.3 is 10.0 Å². The van der Waals surface area contributed by atoms with Gasteiger partial charge in [-0.3, -0.25) is 10.1 Å². The van der Waals surface area contributed by atoms with E-state index in [2.05, 4.69) is 18.8 Å². The number of anilines is 1. The molecular formula is C13H17N3O4. The largest absolute Gasteiger partial charge is 0.477 e. The summed E-state index contributed by atoms with van der Waals surface area (Å²) >= 11 is 0. The molecule has 0 unspecified atom stereocenters. The van der Waals surface area contributed by atoms with Gasteiger partial charge in [0.15, 0.2) is 0 Å². The number of pyridine rings is 1. The minimum Gasteiger partial charge on any atom is -0.477 e. The number of nitrogens with zero attached hydrogens (tertiary/aromatic N) is 3. The van der Waals surface area contributed by atoms with Gasteiger partial charge in [0.25, 0.3) is 0 Å². The minimum atomic E-state index is -1.30. The van der Waals surface area contributed by atoms with Crippen LogP contribution in [0.2, 0.25) is 0 Å². The van der Waals surface area contributed by atoms with Gasteiger partial charge in [-0.25, -0.2) is 9.78 Å². The number of hydrogen-bond donors (Lipinski definition) is 1. The number of carboxylic acids is 1. The summed E-state index contributed by atoms with van der Waals surface area (Å²) in [5, 5.41) is 19.9. The first-order valence-corrected chi connectivity index (χ1v) is 6.54. The number of rotatable bonds is 6. The SMILES string of the molecule is CC(C)CN(c1cc(C(=O)O)c([N+](=O)[O-])cn1)C1CC1. The maximum Gasteiger partial charge on any atom is 0.342 e. The molecule has 108 valence electrons. The molecule has 0 amide bonds. The molecule has 1 aliphatic rings. The maximum atomic E-state index is 11.2. The number of aromatic nitrogens is 1. The molecule has 0 spiro atoms. The molecule has 7 heteroatoms. The standard InChI is InChI=1S/C13H17N3O4/c1-8(2)7-15(9-3-4-9)12-5-10(13(17)18)11(6-14-12)16(19)20/h5-6,8-9H,3-4,7H2,1-2H3,(H,17,18). The van der Waals surface area contributed by atoms with Crippen molar-refractivity contribution in [1.82, 2.24) is 4.98 Å². The number of carbonyl (C=O) groups is 1. The Morgan fingerprint density at radius 3 is 2.70 bits per heavy atom. The van der Waals surface area contributed by atoms with Crippen molar-refractivity contribution in [2.45, 2.75) is 32.7 Å².